The largest absolute Gasteiger partial charge is 0.0836 e. The van der Waals surface area contributed by atoms with Gasteiger partial charge in [0.15, 0.2) is 0 Å². The highest BCUT2D eigenvalue weighted by Gasteiger charge is 2.35. The monoisotopic (exact) mass is 906 g/mol. The molecule has 0 saturated heterocycles. The van der Waals surface area contributed by atoms with E-state index >= 15 is 0 Å². The molecule has 0 saturated carbocycles. The molecule has 0 N–H and O–H groups in total. The van der Waals surface area contributed by atoms with Gasteiger partial charge in [-0.25, -0.2) is 0 Å². The molecule has 0 aromatic heterocycles. The van der Waals surface area contributed by atoms with Crippen molar-refractivity contribution in [2.45, 2.75) is 27.7 Å². The molecule has 8 heteroatoms. The smallest absolute Gasteiger partial charge is 0.0511 e. The minimum Gasteiger partial charge on any atom is -0.0836 e. The lowest BCUT2D eigenvalue weighted by Crippen LogP contribution is -1.97. The number of hydrogen-bond acceptors (Lipinski definition) is 0. The molecule has 0 heterocycles. The Morgan fingerprint density at radius 2 is 0.636 bits per heavy atom. The number of hydrogen-bond donors (Lipinski definition) is 0. The Morgan fingerprint density at radius 3 is 0.932 bits per heavy atom. The van der Waals surface area contributed by atoms with Gasteiger partial charge in [0.2, 0.25) is 0 Å². The topological polar surface area (TPSA) is 0 Å². The van der Waals surface area contributed by atoms with Gasteiger partial charge < -0.3 is 0 Å². The van der Waals surface area contributed by atoms with E-state index in [-0.39, 0.29) is 0 Å². The molecule has 0 amide bonds. The quantitative estimate of drug-likeness (QED) is 0.154. The maximum atomic E-state index is 6.79. The van der Waals surface area contributed by atoms with Crippen molar-refractivity contribution in [3.8, 4) is 55.6 Å². The van der Waals surface area contributed by atoms with Crippen LogP contribution in [0.4, 0.5) is 0 Å². The van der Waals surface area contributed by atoms with Gasteiger partial charge in [-0.05, 0) is 108 Å². The van der Waals surface area contributed by atoms with Crippen molar-refractivity contribution < 1.29 is 0 Å². The Bertz CT molecular complexity index is 2220. The molecule has 218 valence electrons. The molecule has 8 rings (SSSR count). The van der Waals surface area contributed by atoms with Crippen molar-refractivity contribution in [2.24, 2.45) is 0 Å². The summed E-state index contributed by atoms with van der Waals surface area (Å²) in [5.74, 6) is 0. The highest BCUT2D eigenvalue weighted by molar-refractivity contribution is 9.11. The van der Waals surface area contributed by atoms with Crippen LogP contribution in [0.3, 0.4) is 0 Å². The van der Waals surface area contributed by atoms with Crippen molar-refractivity contribution in [3.63, 3.8) is 0 Å². The van der Waals surface area contributed by atoms with Gasteiger partial charge in [-0.15, -0.1) is 0 Å². The van der Waals surface area contributed by atoms with E-state index in [1.54, 1.807) is 0 Å². The van der Waals surface area contributed by atoms with E-state index in [9.17, 15) is 0 Å². The molecule has 44 heavy (non-hydrogen) atoms. The summed E-state index contributed by atoms with van der Waals surface area (Å²) in [6.45, 7) is 8.84. The van der Waals surface area contributed by atoms with Crippen molar-refractivity contribution in [2.75, 3.05) is 0 Å². The first-order chi connectivity index (χ1) is 20.8. The van der Waals surface area contributed by atoms with E-state index in [1.807, 2.05) is 24.3 Å². The van der Waals surface area contributed by atoms with Crippen LogP contribution >= 0.6 is 110 Å². The maximum Gasteiger partial charge on any atom is 0.0511 e. The highest BCUT2D eigenvalue weighted by atomic mass is 79.9. The molecule has 2 aliphatic rings. The first-order valence-corrected chi connectivity index (χ1v) is 18.4. The summed E-state index contributed by atoms with van der Waals surface area (Å²) < 4.78 is 3.83. The van der Waals surface area contributed by atoms with E-state index in [0.29, 0.717) is 20.1 Å². The summed E-state index contributed by atoms with van der Waals surface area (Å²) in [5, 5.41) is 6.44. The van der Waals surface area contributed by atoms with Crippen molar-refractivity contribution in [1.29, 1.82) is 0 Å². The Kier molecular flexibility index (Phi) is 7.02. The van der Waals surface area contributed by atoms with Crippen LogP contribution in [-0.2, 0) is 0 Å². The predicted molar refractivity (Wildman–Crippen MR) is 206 cm³/mol. The molecule has 0 aliphatic heterocycles. The lowest BCUT2D eigenvalue weighted by atomic mass is 9.83. The van der Waals surface area contributed by atoms with Crippen LogP contribution in [0.5, 0.6) is 0 Å². The summed E-state index contributed by atoms with van der Waals surface area (Å²) in [6, 6.07) is 12.5. The van der Waals surface area contributed by atoms with Crippen LogP contribution in [0.25, 0.3) is 77.2 Å². The third kappa shape index (κ3) is 3.80. The number of aryl methyl sites for hydroxylation is 2. The average Bonchev–Trinajstić information content (AvgIpc) is 3.49. The second-order valence-electron chi connectivity index (χ2n) is 11.6. The molecular formula is C36H18Br4Cl4. The van der Waals surface area contributed by atoms with E-state index in [1.165, 1.54) is 55.6 Å². The molecule has 6 aromatic rings. The third-order valence-corrected chi connectivity index (χ3v) is 13.0. The van der Waals surface area contributed by atoms with Gasteiger partial charge in [-0.3, -0.25) is 0 Å². The zero-order valence-corrected chi connectivity index (χ0v) is 32.9. The van der Waals surface area contributed by atoms with Crippen molar-refractivity contribution >= 4 is 132 Å². The first kappa shape index (κ1) is 30.3. The summed E-state index contributed by atoms with van der Waals surface area (Å²) >= 11 is 42.6. The maximum absolute atomic E-state index is 6.79. The Balaban J connectivity index is 1.48. The lowest BCUT2D eigenvalue weighted by molar-refractivity contribution is 1.36. The fourth-order valence-electron chi connectivity index (χ4n) is 7.59. The van der Waals surface area contributed by atoms with E-state index < -0.39 is 0 Å². The van der Waals surface area contributed by atoms with Gasteiger partial charge >= 0.3 is 0 Å². The van der Waals surface area contributed by atoms with Gasteiger partial charge in [-0.1, -0.05) is 122 Å². The summed E-state index contributed by atoms with van der Waals surface area (Å²) in [7, 11) is 0. The van der Waals surface area contributed by atoms with Crippen LogP contribution in [0.1, 0.15) is 22.3 Å². The number of halogens is 8. The van der Waals surface area contributed by atoms with Gasteiger partial charge in [0.05, 0.1) is 20.1 Å². The molecule has 0 nitrogen and oxygen atoms in total. The zero-order valence-electron chi connectivity index (χ0n) is 23.5. The minimum atomic E-state index is 0.633. The summed E-state index contributed by atoms with van der Waals surface area (Å²) in [4.78, 5) is 0. The van der Waals surface area contributed by atoms with E-state index in [4.69, 9.17) is 46.4 Å². The fourth-order valence-corrected chi connectivity index (χ4v) is 11.9. The van der Waals surface area contributed by atoms with Crippen LogP contribution < -0.4 is 0 Å². The van der Waals surface area contributed by atoms with Crippen LogP contribution in [0.15, 0.2) is 54.3 Å². The van der Waals surface area contributed by atoms with Crippen molar-refractivity contribution in [1.82, 2.24) is 0 Å². The van der Waals surface area contributed by atoms with Gasteiger partial charge in [0.1, 0.15) is 0 Å². The molecule has 0 radical (unpaired) electrons. The van der Waals surface area contributed by atoms with Gasteiger partial charge in [-0.2, -0.15) is 0 Å². The molecule has 0 bridgehead atoms. The second kappa shape index (κ2) is 10.2. The lowest BCUT2D eigenvalue weighted by Gasteiger charge is -2.21. The number of benzene rings is 6. The van der Waals surface area contributed by atoms with E-state index in [2.05, 4.69) is 104 Å². The molecule has 6 aromatic carbocycles. The van der Waals surface area contributed by atoms with Crippen molar-refractivity contribution in [3.05, 3.63) is 96.6 Å². The highest BCUT2D eigenvalue weighted by Crippen LogP contribution is 2.61. The molecular weight excluding hydrogens is 894 g/mol. The SMILES string of the molecule is Cc1cc(-c2cc(C)c3c(c2C)-c2c(Br)cc(Cl)c4c(Cl)cc(Br)c-3c24)c(C)c2c1-c1c(Br)cc(Cl)c3c(Cl)cc(Br)c-2c13. The number of rotatable bonds is 1. The molecule has 2 aliphatic carbocycles. The molecule has 0 unspecified atom stereocenters. The Morgan fingerprint density at radius 1 is 0.364 bits per heavy atom. The second-order valence-corrected chi connectivity index (χ2v) is 16.6. The van der Waals surface area contributed by atoms with Crippen LogP contribution in [0, 0.1) is 27.7 Å². The number of fused-ring (bicyclic) bond motifs is 6. The van der Waals surface area contributed by atoms with Gasteiger partial charge in [0, 0.05) is 61.7 Å². The normalized spacial score (nSPS) is 12.5. The van der Waals surface area contributed by atoms with Crippen LogP contribution in [-0.4, -0.2) is 0 Å². The van der Waals surface area contributed by atoms with Crippen LogP contribution in [0.2, 0.25) is 20.1 Å². The predicted octanol–water partition coefficient (Wildman–Crippen LogP) is 15.9. The minimum absolute atomic E-state index is 0.633. The standard InChI is InChI=1S/C36H18Br4Cl4/c1-11-5-15(13(3)27-25(11)29-17(37)7-21(41)33-23(43)9-19(39)31(27)35(29)33)16-6-12(2)26-28(14(16)4)32-20(40)10-24(44)34-22(42)8-18(38)30(26)36(32)34/h5-10H,1-4H3. The molecule has 0 fully saturated rings. The summed E-state index contributed by atoms with van der Waals surface area (Å²) in [6.07, 6.45) is 0. The first-order valence-electron chi connectivity index (χ1n) is 13.7. The Labute approximate surface area is 308 Å². The van der Waals surface area contributed by atoms with Gasteiger partial charge in [0.25, 0.3) is 0 Å². The Hall–Kier alpha value is -1.08. The molecule has 0 spiro atoms. The summed E-state index contributed by atoms with van der Waals surface area (Å²) in [5.41, 5.74) is 16.5. The van der Waals surface area contributed by atoms with E-state index in [0.717, 1.165) is 61.7 Å². The molecule has 0 atom stereocenters. The fraction of sp³-hybridized carbons (Fsp3) is 0.111. The third-order valence-electron chi connectivity index (χ3n) is 9.28. The zero-order chi connectivity index (χ0) is 31.3. The average molecular weight is 912 g/mol.